The molecule has 1 heterocycles. The molecule has 0 fully saturated rings. The summed E-state index contributed by atoms with van der Waals surface area (Å²) in [4.78, 5) is 22.8. The molecule has 0 radical (unpaired) electrons. The maximum absolute atomic E-state index is 10.5. The van der Waals surface area contributed by atoms with Crippen LogP contribution in [0.15, 0.2) is 12.1 Å². The lowest BCUT2D eigenvalue weighted by Crippen LogP contribution is -2.21. The van der Waals surface area contributed by atoms with Gasteiger partial charge in [-0.25, -0.2) is 0 Å². The Kier molecular flexibility index (Phi) is 3.64. The molecule has 1 aromatic rings. The van der Waals surface area contributed by atoms with Crippen molar-refractivity contribution in [2.45, 2.75) is 19.4 Å². The maximum atomic E-state index is 10.5. The monoisotopic (exact) mass is 213 g/mol. The maximum Gasteiger partial charge on any atom is 0.305 e. The third kappa shape index (κ3) is 2.85. The molecule has 1 amide bonds. The molecule has 0 aliphatic heterocycles. The predicted octanol–water partition coefficient (Wildman–Crippen LogP) is 1.32. The number of hydrogen-bond acceptors (Lipinski definition) is 3. The molecule has 1 rings (SSSR count). The highest BCUT2D eigenvalue weighted by Gasteiger charge is 2.15. The highest BCUT2D eigenvalue weighted by atomic mass is 32.1. The molecular formula is C9H11NO3S. The highest BCUT2D eigenvalue weighted by Crippen LogP contribution is 2.24. The van der Waals surface area contributed by atoms with Crippen molar-refractivity contribution in [3.8, 4) is 0 Å². The zero-order valence-electron chi connectivity index (χ0n) is 7.69. The third-order valence-corrected chi connectivity index (χ3v) is 2.87. The largest absolute Gasteiger partial charge is 0.481 e. The van der Waals surface area contributed by atoms with Crippen molar-refractivity contribution in [2.24, 2.45) is 0 Å². The molecule has 0 saturated carbocycles. The van der Waals surface area contributed by atoms with Crippen LogP contribution in [-0.4, -0.2) is 17.5 Å². The number of hydrogen-bond donors (Lipinski definition) is 2. The summed E-state index contributed by atoms with van der Waals surface area (Å²) in [5, 5.41) is 11.1. The first-order valence-electron chi connectivity index (χ1n) is 4.11. The molecule has 0 aliphatic rings. The topological polar surface area (TPSA) is 66.4 Å². The molecule has 0 aliphatic carbocycles. The molecule has 5 heteroatoms. The summed E-state index contributed by atoms with van der Waals surface area (Å²) in [7, 11) is 0. The summed E-state index contributed by atoms with van der Waals surface area (Å²) in [5.41, 5.74) is 0. The Morgan fingerprint density at radius 1 is 1.71 bits per heavy atom. The van der Waals surface area contributed by atoms with Crippen LogP contribution in [0.25, 0.3) is 0 Å². The van der Waals surface area contributed by atoms with Crippen LogP contribution >= 0.6 is 11.3 Å². The number of carbonyl (C=O) groups is 2. The number of nitrogens with one attached hydrogen (secondary N) is 1. The summed E-state index contributed by atoms with van der Waals surface area (Å²) in [6, 6.07) is 3.33. The van der Waals surface area contributed by atoms with Crippen molar-refractivity contribution in [3.63, 3.8) is 0 Å². The van der Waals surface area contributed by atoms with Gasteiger partial charge < -0.3 is 10.4 Å². The Morgan fingerprint density at radius 3 is 2.86 bits per heavy atom. The van der Waals surface area contributed by atoms with Gasteiger partial charge in [0, 0.05) is 9.75 Å². The van der Waals surface area contributed by atoms with E-state index in [0.29, 0.717) is 6.41 Å². The molecule has 0 bridgehead atoms. The van der Waals surface area contributed by atoms with Gasteiger partial charge in [0.25, 0.3) is 0 Å². The molecule has 0 spiro atoms. The number of carboxylic acid groups (broad SMARTS) is 1. The second-order valence-corrected chi connectivity index (χ2v) is 4.20. The van der Waals surface area contributed by atoms with Crippen molar-refractivity contribution in [2.75, 3.05) is 0 Å². The van der Waals surface area contributed by atoms with E-state index >= 15 is 0 Å². The summed E-state index contributed by atoms with van der Waals surface area (Å²) < 4.78 is 0. The third-order valence-electron chi connectivity index (χ3n) is 1.75. The fourth-order valence-electron chi connectivity index (χ4n) is 1.14. The molecule has 1 atom stereocenters. The van der Waals surface area contributed by atoms with Gasteiger partial charge in [-0.15, -0.1) is 11.3 Å². The van der Waals surface area contributed by atoms with Crippen LogP contribution < -0.4 is 5.32 Å². The molecule has 0 aromatic carbocycles. The molecular weight excluding hydrogens is 202 g/mol. The second-order valence-electron chi connectivity index (χ2n) is 2.88. The number of carboxylic acids is 1. The quantitative estimate of drug-likeness (QED) is 0.725. The van der Waals surface area contributed by atoms with Crippen LogP contribution in [0.3, 0.4) is 0 Å². The van der Waals surface area contributed by atoms with E-state index in [-0.39, 0.29) is 6.42 Å². The zero-order valence-corrected chi connectivity index (χ0v) is 8.50. The first-order valence-corrected chi connectivity index (χ1v) is 4.93. The van der Waals surface area contributed by atoms with Crippen molar-refractivity contribution in [1.29, 1.82) is 0 Å². The van der Waals surface area contributed by atoms with Crippen LogP contribution in [-0.2, 0) is 9.59 Å². The molecule has 1 unspecified atom stereocenters. The molecule has 0 saturated heterocycles. The predicted molar refractivity (Wildman–Crippen MR) is 53.2 cm³/mol. The lowest BCUT2D eigenvalue weighted by atomic mass is 10.2. The number of thiophene rings is 1. The molecule has 76 valence electrons. The molecule has 14 heavy (non-hydrogen) atoms. The Morgan fingerprint density at radius 2 is 2.43 bits per heavy atom. The van der Waals surface area contributed by atoms with E-state index in [9.17, 15) is 9.59 Å². The SMILES string of the molecule is Cc1ccc(C(CC(=O)O)NC=O)s1. The van der Waals surface area contributed by atoms with Crippen molar-refractivity contribution in [1.82, 2.24) is 5.32 Å². The fraction of sp³-hybridized carbons (Fsp3) is 0.333. The minimum Gasteiger partial charge on any atom is -0.481 e. The van der Waals surface area contributed by atoms with Gasteiger partial charge in [0.2, 0.25) is 6.41 Å². The van der Waals surface area contributed by atoms with Gasteiger partial charge in [0.1, 0.15) is 0 Å². The highest BCUT2D eigenvalue weighted by molar-refractivity contribution is 7.12. The van der Waals surface area contributed by atoms with E-state index in [0.717, 1.165) is 9.75 Å². The van der Waals surface area contributed by atoms with E-state index < -0.39 is 12.0 Å². The van der Waals surface area contributed by atoms with Crippen LogP contribution in [0.2, 0.25) is 0 Å². The number of aryl methyl sites for hydroxylation is 1. The van der Waals surface area contributed by atoms with E-state index in [2.05, 4.69) is 5.32 Å². The Balaban J connectivity index is 2.76. The zero-order chi connectivity index (χ0) is 10.6. The van der Waals surface area contributed by atoms with E-state index in [1.165, 1.54) is 11.3 Å². The average molecular weight is 213 g/mol. The lowest BCUT2D eigenvalue weighted by molar-refractivity contribution is -0.137. The van der Waals surface area contributed by atoms with Crippen molar-refractivity contribution in [3.05, 3.63) is 21.9 Å². The van der Waals surface area contributed by atoms with Gasteiger partial charge in [-0.1, -0.05) is 0 Å². The molecule has 1 aromatic heterocycles. The van der Waals surface area contributed by atoms with Gasteiger partial charge in [-0.3, -0.25) is 9.59 Å². The van der Waals surface area contributed by atoms with Crippen LogP contribution in [0, 0.1) is 6.92 Å². The molecule has 2 N–H and O–H groups in total. The van der Waals surface area contributed by atoms with Gasteiger partial charge >= 0.3 is 5.97 Å². The Labute approximate surface area is 85.6 Å². The van der Waals surface area contributed by atoms with Crippen LogP contribution in [0.1, 0.15) is 22.2 Å². The first-order chi connectivity index (χ1) is 6.63. The molecule has 4 nitrogen and oxygen atoms in total. The normalized spacial score (nSPS) is 12.1. The van der Waals surface area contributed by atoms with Gasteiger partial charge in [-0.05, 0) is 19.1 Å². The van der Waals surface area contributed by atoms with Gasteiger partial charge in [0.15, 0.2) is 0 Å². The van der Waals surface area contributed by atoms with E-state index in [1.807, 2.05) is 19.1 Å². The summed E-state index contributed by atoms with van der Waals surface area (Å²) in [5.74, 6) is -0.921. The first kappa shape index (κ1) is 10.7. The summed E-state index contributed by atoms with van der Waals surface area (Å²) in [6.45, 7) is 1.94. The smallest absolute Gasteiger partial charge is 0.305 e. The lowest BCUT2D eigenvalue weighted by Gasteiger charge is -2.10. The van der Waals surface area contributed by atoms with Gasteiger partial charge in [0.05, 0.1) is 12.5 Å². The number of aliphatic carboxylic acids is 1. The standard InChI is InChI=1S/C9H11NO3S/c1-6-2-3-8(14-6)7(10-5-11)4-9(12)13/h2-3,5,7H,4H2,1H3,(H,10,11)(H,12,13). The minimum atomic E-state index is -0.921. The van der Waals surface area contributed by atoms with E-state index in [4.69, 9.17) is 5.11 Å². The number of amides is 1. The fourth-order valence-corrected chi connectivity index (χ4v) is 2.08. The average Bonchev–Trinajstić information content (AvgIpc) is 2.50. The number of carbonyl (C=O) groups excluding carboxylic acids is 1. The number of rotatable bonds is 5. The minimum absolute atomic E-state index is 0.0846. The summed E-state index contributed by atoms with van der Waals surface area (Å²) in [6.07, 6.45) is 0.446. The van der Waals surface area contributed by atoms with Gasteiger partial charge in [-0.2, -0.15) is 0 Å². The van der Waals surface area contributed by atoms with Crippen molar-refractivity contribution >= 4 is 23.7 Å². The Bertz CT molecular complexity index is 335. The second kappa shape index (κ2) is 4.76. The summed E-state index contributed by atoms with van der Waals surface area (Å²) >= 11 is 1.49. The van der Waals surface area contributed by atoms with Crippen molar-refractivity contribution < 1.29 is 14.7 Å². The van der Waals surface area contributed by atoms with Crippen LogP contribution in [0.4, 0.5) is 0 Å². The Hall–Kier alpha value is -1.36. The van der Waals surface area contributed by atoms with E-state index in [1.54, 1.807) is 0 Å². The van der Waals surface area contributed by atoms with Crippen LogP contribution in [0.5, 0.6) is 0 Å².